The normalized spacial score (nSPS) is 12.3. The van der Waals surface area contributed by atoms with Crippen LogP contribution in [0.5, 0.6) is 11.5 Å². The molecule has 0 heterocycles. The molecule has 1 atom stereocenters. The molecule has 114 valence electrons. The van der Waals surface area contributed by atoms with Crippen LogP contribution >= 0.6 is 0 Å². The first kappa shape index (κ1) is 16.8. The van der Waals surface area contributed by atoms with Gasteiger partial charge in [-0.2, -0.15) is 0 Å². The van der Waals surface area contributed by atoms with Gasteiger partial charge in [0.1, 0.15) is 11.5 Å². The van der Waals surface area contributed by atoms with Crippen molar-refractivity contribution in [1.82, 2.24) is 5.32 Å². The maximum absolute atomic E-state index is 9.88. The molecule has 0 amide bonds. The van der Waals surface area contributed by atoms with Crippen LogP contribution in [0.1, 0.15) is 44.7 Å². The number of hydrogen-bond donors (Lipinski definition) is 2. The Hall–Kier alpha value is -1.26. The minimum atomic E-state index is 0.0840. The van der Waals surface area contributed by atoms with Gasteiger partial charge in [-0.25, -0.2) is 0 Å². The molecule has 0 saturated heterocycles. The van der Waals surface area contributed by atoms with Gasteiger partial charge in [-0.15, -0.1) is 0 Å². The molecular formula is C16H27NO3. The molecule has 0 radical (unpaired) electrons. The number of aromatic hydroxyl groups is 1. The second kappa shape index (κ2) is 9.61. The lowest BCUT2D eigenvalue weighted by Crippen LogP contribution is -2.21. The first-order valence-corrected chi connectivity index (χ1v) is 7.37. The van der Waals surface area contributed by atoms with E-state index in [1.54, 1.807) is 19.2 Å². The zero-order chi connectivity index (χ0) is 14.8. The van der Waals surface area contributed by atoms with Gasteiger partial charge in [0.15, 0.2) is 0 Å². The van der Waals surface area contributed by atoms with Crippen molar-refractivity contribution in [1.29, 1.82) is 0 Å². The molecule has 2 N–H and O–H groups in total. The number of unbranched alkanes of at least 4 members (excludes halogenated alkanes) is 1. The molecule has 1 rings (SSSR count). The predicted octanol–water partition coefficient (Wildman–Crippen LogP) is 3.26. The van der Waals surface area contributed by atoms with Crippen molar-refractivity contribution in [2.75, 3.05) is 26.9 Å². The van der Waals surface area contributed by atoms with E-state index >= 15 is 0 Å². The number of phenols is 1. The Morgan fingerprint density at radius 2 is 2.00 bits per heavy atom. The van der Waals surface area contributed by atoms with Crippen molar-refractivity contribution in [2.45, 2.75) is 39.2 Å². The van der Waals surface area contributed by atoms with Gasteiger partial charge < -0.3 is 19.9 Å². The Kier molecular flexibility index (Phi) is 8.07. The molecule has 20 heavy (non-hydrogen) atoms. The van der Waals surface area contributed by atoms with E-state index in [2.05, 4.69) is 12.2 Å². The fourth-order valence-electron chi connectivity index (χ4n) is 1.96. The summed E-state index contributed by atoms with van der Waals surface area (Å²) in [5, 5.41) is 13.3. The molecule has 0 fully saturated rings. The minimum absolute atomic E-state index is 0.0840. The summed E-state index contributed by atoms with van der Waals surface area (Å²) in [6.45, 7) is 6.69. The third-order valence-electron chi connectivity index (χ3n) is 3.26. The Morgan fingerprint density at radius 1 is 1.25 bits per heavy atom. The van der Waals surface area contributed by atoms with Crippen molar-refractivity contribution >= 4 is 0 Å². The standard InChI is InChI=1S/C16H27NO3/c1-4-5-10-20-11-6-9-17-13(2)15-12-14(19-3)7-8-16(15)18/h7-8,12-13,17-18H,4-6,9-11H2,1-3H3. The van der Waals surface area contributed by atoms with Gasteiger partial charge in [0.25, 0.3) is 0 Å². The highest BCUT2D eigenvalue weighted by Gasteiger charge is 2.10. The third kappa shape index (κ3) is 5.80. The van der Waals surface area contributed by atoms with Gasteiger partial charge in [-0.3, -0.25) is 0 Å². The molecule has 1 aromatic carbocycles. The third-order valence-corrected chi connectivity index (χ3v) is 3.26. The molecule has 1 unspecified atom stereocenters. The molecular weight excluding hydrogens is 254 g/mol. The number of phenolic OH excluding ortho intramolecular Hbond substituents is 1. The number of ether oxygens (including phenoxy) is 2. The summed E-state index contributed by atoms with van der Waals surface area (Å²) in [5.74, 6) is 1.05. The van der Waals surface area contributed by atoms with E-state index in [9.17, 15) is 5.11 Å². The van der Waals surface area contributed by atoms with Gasteiger partial charge in [-0.05, 0) is 44.5 Å². The van der Waals surface area contributed by atoms with Crippen LogP contribution in [0.25, 0.3) is 0 Å². The summed E-state index contributed by atoms with van der Waals surface area (Å²) in [7, 11) is 1.63. The van der Waals surface area contributed by atoms with E-state index in [0.717, 1.165) is 43.9 Å². The van der Waals surface area contributed by atoms with Crippen molar-refractivity contribution < 1.29 is 14.6 Å². The van der Waals surface area contributed by atoms with E-state index < -0.39 is 0 Å². The number of rotatable bonds is 10. The van der Waals surface area contributed by atoms with Gasteiger partial charge in [0, 0.05) is 24.8 Å². The molecule has 0 saturated carbocycles. The highest BCUT2D eigenvalue weighted by atomic mass is 16.5. The molecule has 1 aromatic rings. The van der Waals surface area contributed by atoms with Crippen LogP contribution in [0.4, 0.5) is 0 Å². The highest BCUT2D eigenvalue weighted by Crippen LogP contribution is 2.28. The highest BCUT2D eigenvalue weighted by molar-refractivity contribution is 5.41. The second-order valence-corrected chi connectivity index (χ2v) is 4.92. The number of benzene rings is 1. The quantitative estimate of drug-likeness (QED) is 0.646. The minimum Gasteiger partial charge on any atom is -0.508 e. The number of methoxy groups -OCH3 is 1. The van der Waals surface area contributed by atoms with Crippen molar-refractivity contribution in [3.63, 3.8) is 0 Å². The fraction of sp³-hybridized carbons (Fsp3) is 0.625. The average Bonchev–Trinajstić information content (AvgIpc) is 2.46. The van der Waals surface area contributed by atoms with Gasteiger partial charge >= 0.3 is 0 Å². The topological polar surface area (TPSA) is 50.7 Å². The van der Waals surface area contributed by atoms with E-state index in [4.69, 9.17) is 9.47 Å². The van der Waals surface area contributed by atoms with Crippen LogP contribution < -0.4 is 10.1 Å². The summed E-state index contributed by atoms with van der Waals surface area (Å²) < 4.78 is 10.7. The van der Waals surface area contributed by atoms with Crippen molar-refractivity contribution in [3.05, 3.63) is 23.8 Å². The summed E-state index contributed by atoms with van der Waals surface area (Å²) in [4.78, 5) is 0. The Labute approximate surface area is 122 Å². The molecule has 0 aliphatic rings. The van der Waals surface area contributed by atoms with Gasteiger partial charge in [0.05, 0.1) is 7.11 Å². The van der Waals surface area contributed by atoms with Gasteiger partial charge in [0.2, 0.25) is 0 Å². The van der Waals surface area contributed by atoms with Crippen LogP contribution in [0.15, 0.2) is 18.2 Å². The lowest BCUT2D eigenvalue weighted by Gasteiger charge is -2.16. The summed E-state index contributed by atoms with van der Waals surface area (Å²) in [6, 6.07) is 5.37. The Bertz CT molecular complexity index is 382. The van der Waals surface area contributed by atoms with E-state index in [-0.39, 0.29) is 6.04 Å². The fourth-order valence-corrected chi connectivity index (χ4v) is 1.96. The lowest BCUT2D eigenvalue weighted by molar-refractivity contribution is 0.128. The number of nitrogens with one attached hydrogen (secondary N) is 1. The molecule has 4 nitrogen and oxygen atoms in total. The van der Waals surface area contributed by atoms with Crippen LogP contribution in [-0.2, 0) is 4.74 Å². The first-order valence-electron chi connectivity index (χ1n) is 7.37. The van der Waals surface area contributed by atoms with Crippen LogP contribution in [-0.4, -0.2) is 32.0 Å². The summed E-state index contributed by atoms with van der Waals surface area (Å²) in [5.41, 5.74) is 0.858. The largest absolute Gasteiger partial charge is 0.508 e. The second-order valence-electron chi connectivity index (χ2n) is 4.92. The monoisotopic (exact) mass is 281 g/mol. The van der Waals surface area contributed by atoms with Crippen LogP contribution in [0.3, 0.4) is 0 Å². The number of hydrogen-bond acceptors (Lipinski definition) is 4. The molecule has 0 bridgehead atoms. The maximum Gasteiger partial charge on any atom is 0.120 e. The van der Waals surface area contributed by atoms with E-state index in [1.807, 2.05) is 13.0 Å². The van der Waals surface area contributed by atoms with Crippen LogP contribution in [0.2, 0.25) is 0 Å². The van der Waals surface area contributed by atoms with Gasteiger partial charge in [-0.1, -0.05) is 13.3 Å². The first-order chi connectivity index (χ1) is 9.69. The molecule has 0 spiro atoms. The Balaban J connectivity index is 2.30. The summed E-state index contributed by atoms with van der Waals surface area (Å²) in [6.07, 6.45) is 3.27. The lowest BCUT2D eigenvalue weighted by atomic mass is 10.1. The zero-order valence-electron chi connectivity index (χ0n) is 12.8. The van der Waals surface area contributed by atoms with E-state index in [0.29, 0.717) is 5.75 Å². The Morgan fingerprint density at radius 3 is 2.70 bits per heavy atom. The molecule has 0 aliphatic heterocycles. The van der Waals surface area contributed by atoms with Crippen molar-refractivity contribution in [3.8, 4) is 11.5 Å². The molecule has 0 aromatic heterocycles. The average molecular weight is 281 g/mol. The smallest absolute Gasteiger partial charge is 0.120 e. The van der Waals surface area contributed by atoms with E-state index in [1.165, 1.54) is 6.42 Å². The summed E-state index contributed by atoms with van der Waals surface area (Å²) >= 11 is 0. The molecule has 0 aliphatic carbocycles. The maximum atomic E-state index is 9.88. The van der Waals surface area contributed by atoms with Crippen molar-refractivity contribution in [2.24, 2.45) is 0 Å². The zero-order valence-corrected chi connectivity index (χ0v) is 12.8. The van der Waals surface area contributed by atoms with Crippen LogP contribution in [0, 0.1) is 0 Å². The molecule has 4 heteroatoms. The predicted molar refractivity (Wildman–Crippen MR) is 81.4 cm³/mol. The SMILES string of the molecule is CCCCOCCCNC(C)c1cc(OC)ccc1O.